The van der Waals surface area contributed by atoms with Gasteiger partial charge in [0.1, 0.15) is 0 Å². The van der Waals surface area contributed by atoms with Gasteiger partial charge in [0.25, 0.3) is 0 Å². The molecule has 0 fully saturated rings. The molecule has 19 heavy (non-hydrogen) atoms. The van der Waals surface area contributed by atoms with Gasteiger partial charge in [-0.25, -0.2) is 0 Å². The Morgan fingerprint density at radius 2 is 1.05 bits per heavy atom. The van der Waals surface area contributed by atoms with Crippen LogP contribution in [-0.4, -0.2) is 77.1 Å². The van der Waals surface area contributed by atoms with Crippen LogP contribution in [0.5, 0.6) is 0 Å². The van der Waals surface area contributed by atoms with E-state index in [1.54, 1.807) is 0 Å². The normalized spacial score (nSPS) is 14.6. The van der Waals surface area contributed by atoms with E-state index in [4.69, 9.17) is 3.63 Å². The molecule has 0 amide bonds. The van der Waals surface area contributed by atoms with Crippen LogP contribution >= 0.6 is 20.6 Å². The van der Waals surface area contributed by atoms with Gasteiger partial charge in [0.15, 0.2) is 0 Å². The van der Waals surface area contributed by atoms with Crippen LogP contribution in [-0.2, 0) is 3.63 Å². The van der Waals surface area contributed by atoms with Crippen molar-refractivity contribution in [3.8, 4) is 0 Å². The lowest BCUT2D eigenvalue weighted by Crippen LogP contribution is -2.31. The predicted molar refractivity (Wildman–Crippen MR) is 93.6 cm³/mol. The summed E-state index contributed by atoms with van der Waals surface area (Å²) >= 11 is 0. The minimum Gasteiger partial charge on any atom is -0.318 e. The molecule has 0 aliphatic rings. The van der Waals surface area contributed by atoms with Gasteiger partial charge >= 0.3 is 0 Å². The van der Waals surface area contributed by atoms with Crippen LogP contribution in [0.3, 0.4) is 0 Å². The molecule has 5 nitrogen and oxygen atoms in total. The average molecular weight is 315 g/mol. The van der Waals surface area contributed by atoms with E-state index in [2.05, 4.69) is 46.3 Å². The second-order valence-electron chi connectivity index (χ2n) is 5.44. The smallest absolute Gasteiger partial charge is 0.0481 e. The van der Waals surface area contributed by atoms with Gasteiger partial charge in [-0.15, -0.1) is 20.6 Å². The Morgan fingerprint density at radius 3 is 1.37 bits per heavy atom. The molecule has 0 bridgehead atoms. The van der Waals surface area contributed by atoms with Crippen LogP contribution in [0.1, 0.15) is 0 Å². The number of hydrogen-bond donors (Lipinski definition) is 4. The van der Waals surface area contributed by atoms with Crippen LogP contribution in [0.25, 0.3) is 0 Å². The fourth-order valence-electron chi connectivity index (χ4n) is 1.61. The van der Waals surface area contributed by atoms with Crippen LogP contribution in [0, 0.1) is 0 Å². The van der Waals surface area contributed by atoms with Gasteiger partial charge in [-0.1, -0.05) is 0 Å². The molecule has 0 unspecified atom stereocenters. The first-order valence-electron chi connectivity index (χ1n) is 6.66. The Bertz CT molecular complexity index is 206. The summed E-state index contributed by atoms with van der Waals surface area (Å²) in [6.07, 6.45) is 8.95. The highest BCUT2D eigenvalue weighted by Crippen LogP contribution is 2.56. The maximum atomic E-state index is 6.39. The fraction of sp³-hybridized carbons (Fsp3) is 1.00. The van der Waals surface area contributed by atoms with E-state index in [-0.39, 0.29) is 0 Å². The summed E-state index contributed by atoms with van der Waals surface area (Å²) in [6.45, 7) is 3.98. The van der Waals surface area contributed by atoms with Crippen molar-refractivity contribution in [2.45, 2.75) is 0 Å². The maximum absolute atomic E-state index is 6.39. The summed E-state index contributed by atoms with van der Waals surface area (Å²) in [4.78, 5) is 0. The molecule has 120 valence electrons. The lowest BCUT2D eigenvalue weighted by Gasteiger charge is -2.42. The third-order valence-electron chi connectivity index (χ3n) is 2.37. The standard InChI is InChI=1S/C12H34N4OS2/c1-13-7-9-15-11-18(3,4)17-19(5,6)12-16-10-8-14-2/h13-16H,7-12H2,1-6H3. The number of hydrogen-bond acceptors (Lipinski definition) is 5. The van der Waals surface area contributed by atoms with Crippen molar-refractivity contribution < 1.29 is 3.63 Å². The molecule has 0 rings (SSSR count). The fourth-order valence-corrected chi connectivity index (χ4v) is 7.26. The molecule has 0 aromatic rings. The van der Waals surface area contributed by atoms with Crippen LogP contribution < -0.4 is 21.3 Å². The lowest BCUT2D eigenvalue weighted by atomic mass is 10.6. The summed E-state index contributed by atoms with van der Waals surface area (Å²) in [5.74, 6) is 1.92. The molecule has 0 atom stereocenters. The molecule has 0 aromatic heterocycles. The summed E-state index contributed by atoms with van der Waals surface area (Å²) < 4.78 is 6.39. The van der Waals surface area contributed by atoms with E-state index in [1.165, 1.54) is 0 Å². The monoisotopic (exact) mass is 314 g/mol. The highest BCUT2D eigenvalue weighted by Gasteiger charge is 2.21. The van der Waals surface area contributed by atoms with Gasteiger partial charge in [0.05, 0.1) is 0 Å². The lowest BCUT2D eigenvalue weighted by molar-refractivity contribution is 0.649. The van der Waals surface area contributed by atoms with Gasteiger partial charge in [-0.2, -0.15) is 0 Å². The summed E-state index contributed by atoms with van der Waals surface area (Å²) in [7, 11) is 1.91. The van der Waals surface area contributed by atoms with Crippen molar-refractivity contribution in [1.82, 2.24) is 21.3 Å². The molecule has 0 saturated heterocycles. The summed E-state index contributed by atoms with van der Waals surface area (Å²) in [5, 5.41) is 13.2. The zero-order chi connectivity index (χ0) is 14.8. The topological polar surface area (TPSA) is 57.4 Å². The van der Waals surface area contributed by atoms with Gasteiger partial charge in [-0.05, 0) is 39.1 Å². The zero-order valence-electron chi connectivity index (χ0n) is 13.5. The molecule has 0 heterocycles. The van der Waals surface area contributed by atoms with Crippen LogP contribution in [0.15, 0.2) is 0 Å². The first kappa shape index (κ1) is 19.5. The maximum Gasteiger partial charge on any atom is 0.0481 e. The van der Waals surface area contributed by atoms with Crippen molar-refractivity contribution in [1.29, 1.82) is 0 Å². The van der Waals surface area contributed by atoms with E-state index in [0.717, 1.165) is 37.9 Å². The second-order valence-corrected chi connectivity index (χ2v) is 12.3. The van der Waals surface area contributed by atoms with Crippen LogP contribution in [0.2, 0.25) is 0 Å². The van der Waals surface area contributed by atoms with Crippen molar-refractivity contribution in [2.24, 2.45) is 0 Å². The Kier molecular flexibility index (Phi) is 10.5. The Labute approximate surface area is 123 Å². The molecule has 4 N–H and O–H groups in total. The van der Waals surface area contributed by atoms with Crippen LogP contribution in [0.4, 0.5) is 0 Å². The second kappa shape index (κ2) is 10.3. The van der Waals surface area contributed by atoms with Gasteiger partial charge in [-0.3, -0.25) is 3.63 Å². The van der Waals surface area contributed by atoms with Gasteiger partial charge < -0.3 is 21.3 Å². The molecule has 0 radical (unpaired) electrons. The van der Waals surface area contributed by atoms with E-state index in [9.17, 15) is 0 Å². The average Bonchev–Trinajstić information content (AvgIpc) is 2.29. The van der Waals surface area contributed by atoms with E-state index in [1.807, 2.05) is 14.1 Å². The molecular weight excluding hydrogens is 280 g/mol. The predicted octanol–water partition coefficient (Wildman–Crippen LogP) is 0.494. The SMILES string of the molecule is CNCCNCS(C)(C)OS(C)(C)CNCCNC. The number of nitrogens with one attached hydrogen (secondary N) is 4. The Morgan fingerprint density at radius 1 is 0.684 bits per heavy atom. The highest BCUT2D eigenvalue weighted by molar-refractivity contribution is 8.40. The third-order valence-corrected chi connectivity index (χ3v) is 7.12. The van der Waals surface area contributed by atoms with Crippen molar-refractivity contribution in [2.75, 3.05) is 77.1 Å². The van der Waals surface area contributed by atoms with Gasteiger partial charge in [0, 0.05) is 37.9 Å². The molecular formula is C12H34N4OS2. The first-order chi connectivity index (χ1) is 8.83. The van der Waals surface area contributed by atoms with Crippen molar-refractivity contribution in [3.05, 3.63) is 0 Å². The molecule has 0 aromatic carbocycles. The van der Waals surface area contributed by atoms with E-state index >= 15 is 0 Å². The largest absolute Gasteiger partial charge is 0.318 e. The highest BCUT2D eigenvalue weighted by atomic mass is 32.3. The minimum absolute atomic E-state index is 0.960. The van der Waals surface area contributed by atoms with Crippen molar-refractivity contribution >= 4 is 20.6 Å². The quantitative estimate of drug-likeness (QED) is 0.395. The zero-order valence-corrected chi connectivity index (χ0v) is 15.1. The third kappa shape index (κ3) is 12.0. The molecule has 0 aliphatic heterocycles. The minimum atomic E-state index is -1.02. The Hall–Kier alpha value is 0.500. The molecule has 0 saturated carbocycles. The number of likely N-dealkylation sites (N-methyl/N-ethyl adjacent to an activating group) is 2. The van der Waals surface area contributed by atoms with E-state index < -0.39 is 20.6 Å². The molecule has 0 spiro atoms. The van der Waals surface area contributed by atoms with Crippen molar-refractivity contribution in [3.63, 3.8) is 0 Å². The van der Waals surface area contributed by atoms with Gasteiger partial charge in [0.2, 0.25) is 0 Å². The molecule has 0 aliphatic carbocycles. The number of rotatable bonds is 12. The summed E-state index contributed by atoms with van der Waals surface area (Å²) in [5.41, 5.74) is 0. The molecule has 7 heteroatoms. The summed E-state index contributed by atoms with van der Waals surface area (Å²) in [6, 6.07) is 0. The first-order valence-corrected chi connectivity index (χ1v) is 11.8. The Balaban J connectivity index is 3.93. The van der Waals surface area contributed by atoms with E-state index in [0.29, 0.717) is 0 Å².